The molecule has 0 radical (unpaired) electrons. The lowest BCUT2D eigenvalue weighted by atomic mass is 10.3. The van der Waals surface area contributed by atoms with Crippen LogP contribution in [0.4, 0.5) is 8.78 Å². The fraction of sp³-hybridized carbons (Fsp3) is 0.167. The summed E-state index contributed by atoms with van der Waals surface area (Å²) in [6.45, 7) is 0. The highest BCUT2D eigenvalue weighted by molar-refractivity contribution is 6.29. The van der Waals surface area contributed by atoms with Gasteiger partial charge in [-0.1, -0.05) is 11.6 Å². The molecule has 1 nitrogen and oxygen atoms in total. The minimum atomic E-state index is -0.887. The molecule has 1 aromatic heterocycles. The molecule has 0 aromatic carbocycles. The summed E-state index contributed by atoms with van der Waals surface area (Å²) < 4.78 is 25.3. The quantitative estimate of drug-likeness (QED) is 0.499. The summed E-state index contributed by atoms with van der Waals surface area (Å²) in [5.74, 6) is -1.91. The predicted molar refractivity (Wildman–Crippen MR) is 38.7 cm³/mol. The number of halogens is 4. The Balaban J connectivity index is 3.29. The van der Waals surface area contributed by atoms with E-state index in [-0.39, 0.29) is 16.6 Å². The van der Waals surface area contributed by atoms with Gasteiger partial charge in [0.05, 0.1) is 12.1 Å². The lowest BCUT2D eigenvalue weighted by Crippen LogP contribution is -1.95. The molecule has 0 amide bonds. The van der Waals surface area contributed by atoms with Crippen LogP contribution in [0.3, 0.4) is 0 Å². The zero-order valence-corrected chi connectivity index (χ0v) is 6.76. The van der Waals surface area contributed by atoms with Gasteiger partial charge in [-0.3, -0.25) is 0 Å². The largest absolute Gasteiger partial charge is 0.238 e. The van der Waals surface area contributed by atoms with E-state index in [0.29, 0.717) is 0 Å². The van der Waals surface area contributed by atoms with E-state index in [9.17, 15) is 8.78 Å². The summed E-state index contributed by atoms with van der Waals surface area (Å²) >= 11 is 10.5. The summed E-state index contributed by atoms with van der Waals surface area (Å²) in [6.07, 6.45) is 0.836. The van der Waals surface area contributed by atoms with E-state index < -0.39 is 11.6 Å². The number of pyridine rings is 1. The van der Waals surface area contributed by atoms with Crippen LogP contribution in [0.1, 0.15) is 5.56 Å². The number of rotatable bonds is 1. The van der Waals surface area contributed by atoms with E-state index in [2.05, 4.69) is 4.98 Å². The topological polar surface area (TPSA) is 12.9 Å². The smallest absolute Gasteiger partial charge is 0.167 e. The SMILES string of the molecule is Fc1cnc(Cl)c(F)c1CCl. The van der Waals surface area contributed by atoms with Gasteiger partial charge in [-0.2, -0.15) is 0 Å². The minimum absolute atomic E-state index is 0.244. The molecule has 1 heterocycles. The van der Waals surface area contributed by atoms with Gasteiger partial charge in [0.15, 0.2) is 11.0 Å². The highest BCUT2D eigenvalue weighted by atomic mass is 35.5. The number of aromatic nitrogens is 1. The lowest BCUT2D eigenvalue weighted by molar-refractivity contribution is 0.556. The van der Waals surface area contributed by atoms with Crippen molar-refractivity contribution in [1.82, 2.24) is 4.98 Å². The molecular weight excluding hydrogens is 195 g/mol. The summed E-state index contributed by atoms with van der Waals surface area (Å²) in [6, 6.07) is 0. The first-order chi connectivity index (χ1) is 5.16. The van der Waals surface area contributed by atoms with Gasteiger partial charge in [-0.15, -0.1) is 11.6 Å². The van der Waals surface area contributed by atoms with Crippen LogP contribution >= 0.6 is 23.2 Å². The third-order valence-electron chi connectivity index (χ3n) is 1.16. The first-order valence-electron chi connectivity index (χ1n) is 2.71. The van der Waals surface area contributed by atoms with Crippen molar-refractivity contribution in [3.8, 4) is 0 Å². The van der Waals surface area contributed by atoms with Crippen LogP contribution in [0.5, 0.6) is 0 Å². The Morgan fingerprint density at radius 3 is 2.55 bits per heavy atom. The van der Waals surface area contributed by atoms with Crippen molar-refractivity contribution < 1.29 is 8.78 Å². The molecule has 0 N–H and O–H groups in total. The monoisotopic (exact) mass is 197 g/mol. The van der Waals surface area contributed by atoms with Crippen molar-refractivity contribution in [3.05, 3.63) is 28.5 Å². The van der Waals surface area contributed by atoms with Crippen molar-refractivity contribution in [1.29, 1.82) is 0 Å². The van der Waals surface area contributed by atoms with Gasteiger partial charge < -0.3 is 0 Å². The van der Waals surface area contributed by atoms with Crippen molar-refractivity contribution in [2.45, 2.75) is 5.88 Å². The van der Waals surface area contributed by atoms with E-state index in [1.54, 1.807) is 0 Å². The zero-order valence-electron chi connectivity index (χ0n) is 5.24. The Hall–Kier alpha value is -0.410. The van der Waals surface area contributed by atoms with Gasteiger partial charge in [0.2, 0.25) is 0 Å². The van der Waals surface area contributed by atoms with Gasteiger partial charge in [0, 0.05) is 5.56 Å². The van der Waals surface area contributed by atoms with E-state index >= 15 is 0 Å². The van der Waals surface area contributed by atoms with Gasteiger partial charge in [-0.25, -0.2) is 13.8 Å². The number of nitrogens with zero attached hydrogens (tertiary/aromatic N) is 1. The Bertz CT molecular complexity index is 278. The van der Waals surface area contributed by atoms with Crippen LogP contribution < -0.4 is 0 Å². The Morgan fingerprint density at radius 2 is 2.09 bits per heavy atom. The normalized spacial score (nSPS) is 10.2. The van der Waals surface area contributed by atoms with Gasteiger partial charge in [0.1, 0.15) is 5.82 Å². The number of hydrogen-bond donors (Lipinski definition) is 0. The second-order valence-corrected chi connectivity index (χ2v) is 2.45. The van der Waals surface area contributed by atoms with Crippen molar-refractivity contribution >= 4 is 23.2 Å². The van der Waals surface area contributed by atoms with Crippen LogP contribution in [0.15, 0.2) is 6.20 Å². The second-order valence-electron chi connectivity index (χ2n) is 1.82. The summed E-state index contributed by atoms with van der Waals surface area (Å²) in [5.41, 5.74) is -0.244. The predicted octanol–water partition coefficient (Wildman–Crippen LogP) is 2.75. The zero-order chi connectivity index (χ0) is 8.43. The van der Waals surface area contributed by atoms with Gasteiger partial charge in [0.25, 0.3) is 0 Å². The molecular formula is C6H3Cl2F2N. The lowest BCUT2D eigenvalue weighted by Gasteiger charge is -1.99. The standard InChI is InChI=1S/C6H3Cl2F2N/c7-1-3-4(9)2-11-6(8)5(3)10/h2H,1H2. The van der Waals surface area contributed by atoms with E-state index in [1.807, 2.05) is 0 Å². The molecule has 5 heteroatoms. The summed E-state index contributed by atoms with van der Waals surface area (Å²) in [5, 5.41) is -0.359. The first-order valence-corrected chi connectivity index (χ1v) is 3.62. The van der Waals surface area contributed by atoms with Gasteiger partial charge in [-0.05, 0) is 0 Å². The second kappa shape index (κ2) is 3.32. The molecule has 0 fully saturated rings. The van der Waals surface area contributed by atoms with Crippen LogP contribution in [0.2, 0.25) is 5.15 Å². The Labute approximate surface area is 72.0 Å². The molecule has 0 spiro atoms. The molecule has 0 aliphatic heterocycles. The molecule has 0 saturated carbocycles. The molecule has 0 aliphatic carbocycles. The van der Waals surface area contributed by atoms with Crippen LogP contribution in [-0.2, 0) is 5.88 Å². The summed E-state index contributed by atoms with van der Waals surface area (Å²) in [4.78, 5) is 3.24. The number of hydrogen-bond acceptors (Lipinski definition) is 1. The highest BCUT2D eigenvalue weighted by Crippen LogP contribution is 2.19. The molecule has 11 heavy (non-hydrogen) atoms. The average molecular weight is 198 g/mol. The molecule has 0 bridgehead atoms. The molecule has 0 unspecified atom stereocenters. The maximum Gasteiger partial charge on any atom is 0.167 e. The van der Waals surface area contributed by atoms with Crippen molar-refractivity contribution in [2.24, 2.45) is 0 Å². The fourth-order valence-corrected chi connectivity index (χ4v) is 1.01. The van der Waals surface area contributed by atoms with Crippen molar-refractivity contribution in [2.75, 3.05) is 0 Å². The number of alkyl halides is 1. The Kier molecular flexibility index (Phi) is 2.62. The minimum Gasteiger partial charge on any atom is -0.238 e. The Morgan fingerprint density at radius 1 is 1.45 bits per heavy atom. The van der Waals surface area contributed by atoms with Gasteiger partial charge >= 0.3 is 0 Å². The molecule has 1 rings (SSSR count). The molecule has 1 aromatic rings. The maximum atomic E-state index is 12.7. The summed E-state index contributed by atoms with van der Waals surface area (Å²) in [7, 11) is 0. The van der Waals surface area contributed by atoms with Crippen LogP contribution in [0, 0.1) is 11.6 Å². The first kappa shape index (κ1) is 8.68. The third-order valence-corrected chi connectivity index (χ3v) is 1.69. The van der Waals surface area contributed by atoms with Crippen LogP contribution in [-0.4, -0.2) is 4.98 Å². The van der Waals surface area contributed by atoms with E-state index in [4.69, 9.17) is 23.2 Å². The third kappa shape index (κ3) is 1.60. The molecule has 60 valence electrons. The van der Waals surface area contributed by atoms with Crippen molar-refractivity contribution in [3.63, 3.8) is 0 Å². The molecule has 0 atom stereocenters. The van der Waals surface area contributed by atoms with E-state index in [0.717, 1.165) is 6.20 Å². The average Bonchev–Trinajstić information content (AvgIpc) is 1.99. The molecule has 0 saturated heterocycles. The maximum absolute atomic E-state index is 12.7. The van der Waals surface area contributed by atoms with Crippen LogP contribution in [0.25, 0.3) is 0 Å². The van der Waals surface area contributed by atoms with E-state index in [1.165, 1.54) is 0 Å². The highest BCUT2D eigenvalue weighted by Gasteiger charge is 2.11. The fourth-order valence-electron chi connectivity index (χ4n) is 0.600. The molecule has 0 aliphatic rings.